The van der Waals surface area contributed by atoms with Crippen LogP contribution in [-0.4, -0.2) is 80.7 Å². The van der Waals surface area contributed by atoms with Crippen molar-refractivity contribution in [3.05, 3.63) is 48.0 Å². The summed E-state index contributed by atoms with van der Waals surface area (Å²) >= 11 is 0. The zero-order valence-electron chi connectivity index (χ0n) is 15.3. The topological polar surface area (TPSA) is 74.6 Å². The van der Waals surface area contributed by atoms with Gasteiger partial charge in [0.1, 0.15) is 0 Å². The Balaban J connectivity index is 1.32. The Morgan fingerprint density at radius 1 is 0.963 bits per heavy atom. The maximum Gasteiger partial charge on any atom is 0.344 e. The van der Waals surface area contributed by atoms with Crippen LogP contribution in [0.1, 0.15) is 28.9 Å². The SMILES string of the molecule is O=C(c1cnn(C(=O)N2CCN(Cc3ccccn3)CC2)c1)N1CCCC1. The first kappa shape index (κ1) is 17.7. The Bertz CT molecular complexity index is 792. The standard InChI is InChI=1S/C19H24N6O2/c26-18(23-7-3-4-8-23)16-13-21-25(14-16)19(27)24-11-9-22(10-12-24)15-17-5-1-2-6-20-17/h1-2,5-6,13-14H,3-4,7-12,15H2. The van der Waals surface area contributed by atoms with Gasteiger partial charge in [-0.1, -0.05) is 6.07 Å². The van der Waals surface area contributed by atoms with Gasteiger partial charge in [-0.3, -0.25) is 14.7 Å². The van der Waals surface area contributed by atoms with Gasteiger partial charge in [0.15, 0.2) is 0 Å². The van der Waals surface area contributed by atoms with Crippen LogP contribution in [0.25, 0.3) is 0 Å². The van der Waals surface area contributed by atoms with E-state index in [1.54, 1.807) is 17.3 Å². The second-order valence-electron chi connectivity index (χ2n) is 7.04. The molecule has 0 spiro atoms. The molecular formula is C19H24N6O2. The number of piperazine rings is 1. The highest BCUT2D eigenvalue weighted by Gasteiger charge is 2.25. The van der Waals surface area contributed by atoms with Crippen LogP contribution >= 0.6 is 0 Å². The van der Waals surface area contributed by atoms with Crippen LogP contribution in [0.15, 0.2) is 36.8 Å². The zero-order valence-corrected chi connectivity index (χ0v) is 15.3. The van der Waals surface area contributed by atoms with Gasteiger partial charge < -0.3 is 9.80 Å². The van der Waals surface area contributed by atoms with Gasteiger partial charge in [0.05, 0.1) is 17.5 Å². The Kier molecular flexibility index (Phi) is 5.15. The second kappa shape index (κ2) is 7.87. The molecular weight excluding hydrogens is 344 g/mol. The number of carbonyl (C=O) groups is 2. The Morgan fingerprint density at radius 3 is 2.44 bits per heavy atom. The number of hydrogen-bond donors (Lipinski definition) is 0. The van der Waals surface area contributed by atoms with E-state index in [9.17, 15) is 9.59 Å². The van der Waals surface area contributed by atoms with E-state index in [0.717, 1.165) is 51.3 Å². The van der Waals surface area contributed by atoms with Crippen LogP contribution in [-0.2, 0) is 6.54 Å². The summed E-state index contributed by atoms with van der Waals surface area (Å²) in [6.07, 6.45) is 6.94. The molecule has 0 bridgehead atoms. The largest absolute Gasteiger partial charge is 0.344 e. The predicted octanol–water partition coefficient (Wildman–Crippen LogP) is 1.30. The molecule has 2 fully saturated rings. The first-order valence-corrected chi connectivity index (χ1v) is 9.46. The number of carbonyl (C=O) groups excluding carboxylic acids is 2. The molecule has 0 aromatic carbocycles. The third kappa shape index (κ3) is 4.00. The summed E-state index contributed by atoms with van der Waals surface area (Å²) in [5.41, 5.74) is 1.52. The maximum atomic E-state index is 12.7. The molecule has 2 aliphatic rings. The molecule has 8 nitrogen and oxygen atoms in total. The van der Waals surface area contributed by atoms with E-state index in [1.807, 2.05) is 23.1 Å². The summed E-state index contributed by atoms with van der Waals surface area (Å²) in [7, 11) is 0. The molecule has 2 amide bonds. The summed E-state index contributed by atoms with van der Waals surface area (Å²) in [5.74, 6) is -0.0354. The fourth-order valence-corrected chi connectivity index (χ4v) is 3.60. The minimum atomic E-state index is -0.173. The minimum Gasteiger partial charge on any atom is -0.339 e. The van der Waals surface area contributed by atoms with Gasteiger partial charge in [-0.25, -0.2) is 4.79 Å². The molecule has 4 heterocycles. The summed E-state index contributed by atoms with van der Waals surface area (Å²) in [6.45, 7) is 5.24. The molecule has 2 aromatic rings. The molecule has 27 heavy (non-hydrogen) atoms. The van der Waals surface area contributed by atoms with Gasteiger partial charge in [0.25, 0.3) is 5.91 Å². The molecule has 0 radical (unpaired) electrons. The summed E-state index contributed by atoms with van der Waals surface area (Å²) in [5, 5.41) is 4.12. The van der Waals surface area contributed by atoms with E-state index >= 15 is 0 Å². The Morgan fingerprint density at radius 2 is 1.74 bits per heavy atom. The highest BCUT2D eigenvalue weighted by molar-refractivity contribution is 5.94. The molecule has 2 aromatic heterocycles. The molecule has 8 heteroatoms. The van der Waals surface area contributed by atoms with Gasteiger partial charge in [-0.15, -0.1) is 0 Å². The average molecular weight is 368 g/mol. The Labute approximate surface area is 158 Å². The van der Waals surface area contributed by atoms with Gasteiger partial charge in [0.2, 0.25) is 0 Å². The molecule has 0 aliphatic carbocycles. The molecule has 2 aliphatic heterocycles. The molecule has 0 N–H and O–H groups in total. The number of aromatic nitrogens is 3. The molecule has 142 valence electrons. The van der Waals surface area contributed by atoms with Crippen LogP contribution in [0, 0.1) is 0 Å². The second-order valence-corrected chi connectivity index (χ2v) is 7.04. The van der Waals surface area contributed by atoms with Crippen molar-refractivity contribution in [3.63, 3.8) is 0 Å². The molecule has 0 saturated carbocycles. The fourth-order valence-electron chi connectivity index (χ4n) is 3.60. The van der Waals surface area contributed by atoms with Crippen LogP contribution in [0.3, 0.4) is 0 Å². The van der Waals surface area contributed by atoms with Gasteiger partial charge in [-0.2, -0.15) is 9.78 Å². The number of rotatable bonds is 3. The number of pyridine rings is 1. The van der Waals surface area contributed by atoms with Crippen molar-refractivity contribution >= 4 is 11.9 Å². The third-order valence-electron chi connectivity index (χ3n) is 5.17. The van der Waals surface area contributed by atoms with Crippen molar-refractivity contribution in [2.75, 3.05) is 39.3 Å². The lowest BCUT2D eigenvalue weighted by molar-refractivity contribution is 0.0793. The average Bonchev–Trinajstić information content (AvgIpc) is 3.41. The highest BCUT2D eigenvalue weighted by atomic mass is 16.2. The summed E-state index contributed by atoms with van der Waals surface area (Å²) in [4.78, 5) is 35.4. The fraction of sp³-hybridized carbons (Fsp3) is 0.474. The summed E-state index contributed by atoms with van der Waals surface area (Å²) in [6, 6.07) is 5.74. The minimum absolute atomic E-state index is 0.0354. The highest BCUT2D eigenvalue weighted by Crippen LogP contribution is 2.13. The number of nitrogens with zero attached hydrogens (tertiary/aromatic N) is 6. The van der Waals surface area contributed by atoms with Crippen molar-refractivity contribution in [2.24, 2.45) is 0 Å². The first-order chi connectivity index (χ1) is 13.2. The Hall–Kier alpha value is -2.74. The summed E-state index contributed by atoms with van der Waals surface area (Å²) < 4.78 is 1.29. The van der Waals surface area contributed by atoms with E-state index in [1.165, 1.54) is 10.9 Å². The third-order valence-corrected chi connectivity index (χ3v) is 5.17. The number of likely N-dealkylation sites (tertiary alicyclic amines) is 1. The van der Waals surface area contributed by atoms with Crippen molar-refractivity contribution in [1.29, 1.82) is 0 Å². The van der Waals surface area contributed by atoms with E-state index in [0.29, 0.717) is 18.7 Å². The normalized spacial score (nSPS) is 18.1. The van der Waals surface area contributed by atoms with Gasteiger partial charge >= 0.3 is 6.03 Å². The lowest BCUT2D eigenvalue weighted by atomic mass is 10.3. The van der Waals surface area contributed by atoms with E-state index in [2.05, 4.69) is 15.0 Å². The monoisotopic (exact) mass is 368 g/mol. The number of amides is 2. The zero-order chi connectivity index (χ0) is 18.6. The van der Waals surface area contributed by atoms with Gasteiger partial charge in [0, 0.05) is 58.2 Å². The van der Waals surface area contributed by atoms with Gasteiger partial charge in [-0.05, 0) is 25.0 Å². The first-order valence-electron chi connectivity index (χ1n) is 9.46. The smallest absolute Gasteiger partial charge is 0.339 e. The van der Waals surface area contributed by atoms with Crippen molar-refractivity contribution in [3.8, 4) is 0 Å². The van der Waals surface area contributed by atoms with Crippen LogP contribution in [0.5, 0.6) is 0 Å². The maximum absolute atomic E-state index is 12.7. The van der Waals surface area contributed by atoms with Crippen LogP contribution < -0.4 is 0 Å². The molecule has 2 saturated heterocycles. The lowest BCUT2D eigenvalue weighted by Crippen LogP contribution is -2.49. The van der Waals surface area contributed by atoms with Crippen molar-refractivity contribution < 1.29 is 9.59 Å². The van der Waals surface area contributed by atoms with Crippen LogP contribution in [0.4, 0.5) is 4.79 Å². The van der Waals surface area contributed by atoms with E-state index in [-0.39, 0.29) is 11.9 Å². The number of hydrogen-bond acceptors (Lipinski definition) is 5. The predicted molar refractivity (Wildman–Crippen MR) is 99.2 cm³/mol. The van der Waals surface area contributed by atoms with Crippen molar-refractivity contribution in [2.45, 2.75) is 19.4 Å². The van der Waals surface area contributed by atoms with E-state index < -0.39 is 0 Å². The van der Waals surface area contributed by atoms with Crippen LogP contribution in [0.2, 0.25) is 0 Å². The van der Waals surface area contributed by atoms with E-state index in [4.69, 9.17) is 0 Å². The molecule has 0 unspecified atom stereocenters. The van der Waals surface area contributed by atoms with Crippen molar-refractivity contribution in [1.82, 2.24) is 29.5 Å². The lowest BCUT2D eigenvalue weighted by Gasteiger charge is -2.34. The molecule has 0 atom stereocenters. The quantitative estimate of drug-likeness (QED) is 0.816. The molecule has 4 rings (SSSR count).